The fourth-order valence-electron chi connectivity index (χ4n) is 2.52. The van der Waals surface area contributed by atoms with Gasteiger partial charge in [-0.2, -0.15) is 0 Å². The quantitative estimate of drug-likeness (QED) is 0.659. The van der Waals surface area contributed by atoms with E-state index in [0.717, 1.165) is 10.5 Å². The number of likely N-dealkylation sites (N-methyl/N-ethyl adjacent to an activating group) is 1. The number of nitrogens with zero attached hydrogens (tertiary/aromatic N) is 2. The minimum Gasteiger partial charge on any atom is -0.415 e. The number of carbonyl (C=O) groups excluding carboxylic acids is 1. The molecular formula is C19H19Cl2N4O2+. The summed E-state index contributed by atoms with van der Waals surface area (Å²) in [7, 11) is 1.89. The summed E-state index contributed by atoms with van der Waals surface area (Å²) >= 11 is 12.1. The number of halogens is 2. The SMILES string of the molecule is C[C@H](c1nnc(-c2cccc(Cl)c2)o1)[NH+](C)CC(=O)Nc1ccccc1Cl. The minimum atomic E-state index is -0.164. The average Bonchev–Trinajstić information content (AvgIpc) is 3.13. The molecule has 0 spiro atoms. The van der Waals surface area contributed by atoms with Gasteiger partial charge in [0.2, 0.25) is 5.89 Å². The van der Waals surface area contributed by atoms with Crippen LogP contribution >= 0.6 is 23.2 Å². The van der Waals surface area contributed by atoms with Gasteiger partial charge in [0.15, 0.2) is 12.6 Å². The van der Waals surface area contributed by atoms with Crippen molar-refractivity contribution in [3.8, 4) is 11.5 Å². The van der Waals surface area contributed by atoms with E-state index in [0.29, 0.717) is 27.5 Å². The number of amides is 1. The van der Waals surface area contributed by atoms with E-state index in [4.69, 9.17) is 27.6 Å². The summed E-state index contributed by atoms with van der Waals surface area (Å²) in [6, 6.07) is 14.2. The largest absolute Gasteiger partial charge is 0.415 e. The molecule has 0 radical (unpaired) electrons. The first kappa shape index (κ1) is 19.4. The molecule has 1 heterocycles. The number of para-hydroxylation sites is 1. The lowest BCUT2D eigenvalue weighted by molar-refractivity contribution is -0.903. The first-order valence-electron chi connectivity index (χ1n) is 8.40. The number of anilines is 1. The lowest BCUT2D eigenvalue weighted by atomic mass is 10.2. The van der Waals surface area contributed by atoms with Gasteiger partial charge >= 0.3 is 0 Å². The predicted molar refractivity (Wildman–Crippen MR) is 105 cm³/mol. The lowest BCUT2D eigenvalue weighted by Gasteiger charge is -2.18. The summed E-state index contributed by atoms with van der Waals surface area (Å²) in [6.45, 7) is 2.15. The van der Waals surface area contributed by atoms with Crippen LogP contribution in [0.4, 0.5) is 5.69 Å². The molecule has 0 bridgehead atoms. The molecule has 0 aliphatic heterocycles. The third-order valence-electron chi connectivity index (χ3n) is 4.21. The van der Waals surface area contributed by atoms with Crippen molar-refractivity contribution in [2.75, 3.05) is 18.9 Å². The second-order valence-corrected chi connectivity index (χ2v) is 7.07. The number of hydrogen-bond donors (Lipinski definition) is 2. The molecule has 27 heavy (non-hydrogen) atoms. The highest BCUT2D eigenvalue weighted by Crippen LogP contribution is 2.23. The second-order valence-electron chi connectivity index (χ2n) is 6.23. The number of quaternary nitrogens is 1. The van der Waals surface area contributed by atoms with Crippen molar-refractivity contribution in [3.63, 3.8) is 0 Å². The van der Waals surface area contributed by atoms with Crippen molar-refractivity contribution in [2.24, 2.45) is 0 Å². The Morgan fingerprint density at radius 3 is 2.70 bits per heavy atom. The molecule has 1 unspecified atom stereocenters. The van der Waals surface area contributed by atoms with Crippen LogP contribution in [0.2, 0.25) is 10.0 Å². The Morgan fingerprint density at radius 1 is 1.19 bits per heavy atom. The second kappa shape index (κ2) is 8.52. The van der Waals surface area contributed by atoms with Gasteiger partial charge in [0.1, 0.15) is 0 Å². The average molecular weight is 406 g/mol. The van der Waals surface area contributed by atoms with Gasteiger partial charge in [0, 0.05) is 10.6 Å². The van der Waals surface area contributed by atoms with Gasteiger partial charge in [-0.25, -0.2) is 0 Å². The smallest absolute Gasteiger partial charge is 0.279 e. The number of hydrogen-bond acceptors (Lipinski definition) is 4. The number of rotatable bonds is 6. The Bertz CT molecular complexity index is 945. The van der Waals surface area contributed by atoms with Crippen LogP contribution in [0.15, 0.2) is 52.9 Å². The molecular weight excluding hydrogens is 387 g/mol. The third-order valence-corrected chi connectivity index (χ3v) is 4.77. The van der Waals surface area contributed by atoms with Crippen LogP contribution in [0.5, 0.6) is 0 Å². The molecule has 0 aliphatic rings. The van der Waals surface area contributed by atoms with E-state index in [-0.39, 0.29) is 18.5 Å². The number of aromatic nitrogens is 2. The molecule has 0 saturated heterocycles. The predicted octanol–water partition coefficient (Wildman–Crippen LogP) is 3.26. The molecule has 0 fully saturated rings. The maximum Gasteiger partial charge on any atom is 0.279 e. The van der Waals surface area contributed by atoms with E-state index in [1.54, 1.807) is 24.3 Å². The summed E-state index contributed by atoms with van der Waals surface area (Å²) in [5, 5.41) is 12.1. The van der Waals surface area contributed by atoms with Gasteiger partial charge in [0.05, 0.1) is 17.8 Å². The van der Waals surface area contributed by atoms with E-state index in [1.807, 2.05) is 38.2 Å². The van der Waals surface area contributed by atoms with Crippen molar-refractivity contribution in [3.05, 3.63) is 64.5 Å². The van der Waals surface area contributed by atoms with Crippen LogP contribution in [0, 0.1) is 0 Å². The summed E-state index contributed by atoms with van der Waals surface area (Å²) < 4.78 is 5.77. The Morgan fingerprint density at radius 2 is 1.96 bits per heavy atom. The topological polar surface area (TPSA) is 72.5 Å². The van der Waals surface area contributed by atoms with Crippen molar-refractivity contribution in [1.29, 1.82) is 0 Å². The third kappa shape index (κ3) is 4.86. The summed E-state index contributed by atoms with van der Waals surface area (Å²) in [5.41, 5.74) is 1.34. The summed E-state index contributed by atoms with van der Waals surface area (Å²) in [6.07, 6.45) is 0. The highest BCUT2D eigenvalue weighted by molar-refractivity contribution is 6.33. The zero-order valence-corrected chi connectivity index (χ0v) is 16.4. The number of carbonyl (C=O) groups is 1. The fourth-order valence-corrected chi connectivity index (χ4v) is 2.90. The molecule has 1 amide bonds. The summed E-state index contributed by atoms with van der Waals surface area (Å²) in [4.78, 5) is 13.2. The van der Waals surface area contributed by atoms with E-state index in [2.05, 4.69) is 15.5 Å². The van der Waals surface area contributed by atoms with Gasteiger partial charge in [-0.3, -0.25) is 4.79 Å². The van der Waals surface area contributed by atoms with E-state index >= 15 is 0 Å². The molecule has 3 aromatic rings. The molecule has 2 aromatic carbocycles. The molecule has 2 N–H and O–H groups in total. The fraction of sp³-hybridized carbons (Fsp3) is 0.211. The van der Waals surface area contributed by atoms with Crippen LogP contribution in [0.1, 0.15) is 18.9 Å². The lowest BCUT2D eigenvalue weighted by Crippen LogP contribution is -3.10. The Labute approximate surface area is 167 Å². The zero-order valence-electron chi connectivity index (χ0n) is 14.9. The first-order valence-corrected chi connectivity index (χ1v) is 9.15. The Hall–Kier alpha value is -2.41. The standard InChI is InChI=1S/C19H18Cl2N4O2/c1-12(18-23-24-19(27-18)13-6-5-7-14(20)10-13)25(2)11-17(26)22-16-9-4-3-8-15(16)21/h3-10,12H,11H2,1-2H3,(H,22,26)/p+1/t12-/m1/s1. The van der Waals surface area contributed by atoms with Crippen molar-refractivity contribution < 1.29 is 14.1 Å². The maximum absolute atomic E-state index is 12.3. The van der Waals surface area contributed by atoms with Crippen molar-refractivity contribution in [2.45, 2.75) is 13.0 Å². The molecule has 2 atom stereocenters. The van der Waals surface area contributed by atoms with Gasteiger partial charge in [-0.15, -0.1) is 10.2 Å². The molecule has 3 rings (SSSR count). The maximum atomic E-state index is 12.3. The minimum absolute atomic E-state index is 0.151. The van der Waals surface area contributed by atoms with Gasteiger partial charge in [0.25, 0.3) is 11.8 Å². The van der Waals surface area contributed by atoms with Crippen LogP contribution in [0.25, 0.3) is 11.5 Å². The van der Waals surface area contributed by atoms with Crippen LogP contribution in [0.3, 0.4) is 0 Å². The van der Waals surface area contributed by atoms with Gasteiger partial charge < -0.3 is 14.6 Å². The Balaban J connectivity index is 1.64. The van der Waals surface area contributed by atoms with E-state index in [1.165, 1.54) is 0 Å². The summed E-state index contributed by atoms with van der Waals surface area (Å²) in [5.74, 6) is 0.697. The first-order chi connectivity index (χ1) is 12.9. The number of benzene rings is 2. The van der Waals surface area contributed by atoms with E-state index < -0.39 is 0 Å². The molecule has 1 aromatic heterocycles. The van der Waals surface area contributed by atoms with Crippen molar-refractivity contribution in [1.82, 2.24) is 10.2 Å². The van der Waals surface area contributed by atoms with Gasteiger partial charge in [-0.05, 0) is 37.3 Å². The van der Waals surface area contributed by atoms with E-state index in [9.17, 15) is 4.79 Å². The molecule has 8 heteroatoms. The highest BCUT2D eigenvalue weighted by Gasteiger charge is 2.24. The molecule has 0 saturated carbocycles. The van der Waals surface area contributed by atoms with Crippen molar-refractivity contribution >= 4 is 34.8 Å². The van der Waals surface area contributed by atoms with Crippen LogP contribution in [-0.2, 0) is 4.79 Å². The molecule has 0 aliphatic carbocycles. The normalized spacial score (nSPS) is 13.2. The van der Waals surface area contributed by atoms with Crippen LogP contribution in [-0.4, -0.2) is 29.7 Å². The highest BCUT2D eigenvalue weighted by atomic mass is 35.5. The number of nitrogens with one attached hydrogen (secondary N) is 2. The molecule has 140 valence electrons. The van der Waals surface area contributed by atoms with Crippen LogP contribution < -0.4 is 10.2 Å². The van der Waals surface area contributed by atoms with Gasteiger partial charge in [-0.1, -0.05) is 41.4 Å². The molecule has 6 nitrogen and oxygen atoms in total. The monoisotopic (exact) mass is 405 g/mol. The Kier molecular flexibility index (Phi) is 6.11. The zero-order chi connectivity index (χ0) is 19.4.